The van der Waals surface area contributed by atoms with Crippen LogP contribution in [0.25, 0.3) is 0 Å². The van der Waals surface area contributed by atoms with Crippen LogP contribution in [0.3, 0.4) is 0 Å². The van der Waals surface area contributed by atoms with Crippen LogP contribution in [-0.2, 0) is 15.0 Å². The molecule has 1 fully saturated rings. The van der Waals surface area contributed by atoms with E-state index in [-0.39, 0.29) is 18.0 Å². The Morgan fingerprint density at radius 3 is 2.92 bits per heavy atom. The maximum absolute atomic E-state index is 13.3. The number of anilines is 1. The number of benzene rings is 1. The van der Waals surface area contributed by atoms with E-state index in [0.717, 1.165) is 10.4 Å². The first kappa shape index (κ1) is 19.2. The Morgan fingerprint density at radius 2 is 2.31 bits per heavy atom. The number of nitrogens with one attached hydrogen (secondary N) is 2. The van der Waals surface area contributed by atoms with Gasteiger partial charge in [0.2, 0.25) is 5.91 Å². The van der Waals surface area contributed by atoms with E-state index in [1.807, 2.05) is 0 Å². The van der Waals surface area contributed by atoms with Gasteiger partial charge in [0.05, 0.1) is 11.1 Å². The summed E-state index contributed by atoms with van der Waals surface area (Å²) in [6, 6.07) is 2.26. The smallest absolute Gasteiger partial charge is 0.280 e. The number of hydrogen-bond donors (Lipinski definition) is 2. The molecule has 0 bridgehead atoms. The third-order valence-electron chi connectivity index (χ3n) is 3.96. The monoisotopic (exact) mass is 418 g/mol. The van der Waals surface area contributed by atoms with Crippen LogP contribution in [0, 0.1) is 5.82 Å². The quantitative estimate of drug-likeness (QED) is 0.798. The van der Waals surface area contributed by atoms with Crippen molar-refractivity contribution in [2.75, 3.05) is 11.9 Å². The van der Waals surface area contributed by atoms with Gasteiger partial charge in [-0.2, -0.15) is 17.4 Å². The highest BCUT2D eigenvalue weighted by Crippen LogP contribution is 2.30. The van der Waals surface area contributed by atoms with E-state index in [2.05, 4.69) is 15.0 Å². The molecular weight excluding hydrogens is 403 g/mol. The predicted octanol–water partition coefficient (Wildman–Crippen LogP) is 2.54. The minimum Gasteiger partial charge on any atom is -0.325 e. The highest BCUT2D eigenvalue weighted by Gasteiger charge is 2.42. The van der Waals surface area contributed by atoms with E-state index in [4.69, 9.17) is 11.6 Å². The van der Waals surface area contributed by atoms with Crippen LogP contribution in [0.2, 0.25) is 5.02 Å². The van der Waals surface area contributed by atoms with Crippen molar-refractivity contribution in [2.24, 2.45) is 0 Å². The van der Waals surface area contributed by atoms with Crippen molar-refractivity contribution < 1.29 is 17.6 Å². The number of carbonyl (C=O) groups excluding carboxylic acids is 1. The highest BCUT2D eigenvalue weighted by molar-refractivity contribution is 7.87. The molecule has 1 saturated heterocycles. The van der Waals surface area contributed by atoms with Gasteiger partial charge in [-0.15, -0.1) is 11.3 Å². The number of carbonyl (C=O) groups is 1. The van der Waals surface area contributed by atoms with E-state index in [1.165, 1.54) is 23.5 Å². The van der Waals surface area contributed by atoms with Crippen molar-refractivity contribution in [2.45, 2.75) is 25.4 Å². The van der Waals surface area contributed by atoms with E-state index in [0.29, 0.717) is 10.7 Å². The molecule has 1 aliphatic rings. The third-order valence-corrected chi connectivity index (χ3v) is 6.85. The molecule has 11 heteroatoms. The van der Waals surface area contributed by atoms with Gasteiger partial charge in [-0.3, -0.25) is 4.79 Å². The summed E-state index contributed by atoms with van der Waals surface area (Å²) in [5, 5.41) is 4.81. The minimum atomic E-state index is -3.85. The molecule has 0 radical (unpaired) electrons. The Kier molecular flexibility index (Phi) is 5.58. The first-order valence-corrected chi connectivity index (χ1v) is 10.5. The van der Waals surface area contributed by atoms with Gasteiger partial charge in [0, 0.05) is 23.8 Å². The summed E-state index contributed by atoms with van der Waals surface area (Å²) in [6.07, 6.45) is 1.80. The fourth-order valence-corrected chi connectivity index (χ4v) is 5.31. The van der Waals surface area contributed by atoms with Crippen molar-refractivity contribution in [1.29, 1.82) is 0 Å². The van der Waals surface area contributed by atoms with Crippen molar-refractivity contribution >= 4 is 44.7 Å². The highest BCUT2D eigenvalue weighted by atomic mass is 35.5. The largest absolute Gasteiger partial charge is 0.325 e. The SMILES string of the molecule is CCN1[C@H](C(=O)Nc2ccc(F)c(Cl)c2)C[C@H](c2nccs2)NS1(=O)=O. The molecule has 2 aromatic rings. The zero-order chi connectivity index (χ0) is 18.9. The summed E-state index contributed by atoms with van der Waals surface area (Å²) < 4.78 is 42.0. The van der Waals surface area contributed by atoms with Crippen LogP contribution in [0.1, 0.15) is 24.4 Å². The second-order valence-corrected chi connectivity index (χ2v) is 8.61. The van der Waals surface area contributed by atoms with Crippen molar-refractivity contribution in [1.82, 2.24) is 14.0 Å². The maximum Gasteiger partial charge on any atom is 0.280 e. The molecule has 1 amide bonds. The van der Waals surface area contributed by atoms with Gasteiger partial charge in [0.15, 0.2) is 0 Å². The summed E-state index contributed by atoms with van der Waals surface area (Å²) >= 11 is 7.04. The van der Waals surface area contributed by atoms with Crippen molar-refractivity contribution in [3.8, 4) is 0 Å². The van der Waals surface area contributed by atoms with Gasteiger partial charge in [0.1, 0.15) is 16.9 Å². The lowest BCUT2D eigenvalue weighted by Crippen LogP contribution is -2.57. The van der Waals surface area contributed by atoms with E-state index >= 15 is 0 Å². The number of rotatable bonds is 4. The lowest BCUT2D eigenvalue weighted by Gasteiger charge is -2.36. The second-order valence-electron chi connectivity index (χ2n) is 5.62. The average Bonchev–Trinajstić information content (AvgIpc) is 3.11. The lowest BCUT2D eigenvalue weighted by atomic mass is 10.1. The summed E-state index contributed by atoms with van der Waals surface area (Å²) in [5.41, 5.74) is 0.291. The van der Waals surface area contributed by atoms with E-state index in [1.54, 1.807) is 18.5 Å². The van der Waals surface area contributed by atoms with E-state index in [9.17, 15) is 17.6 Å². The summed E-state index contributed by atoms with van der Waals surface area (Å²) in [5.74, 6) is -1.12. The molecule has 140 valence electrons. The molecule has 0 unspecified atom stereocenters. The fraction of sp³-hybridized carbons (Fsp3) is 0.333. The number of hydrogen-bond acceptors (Lipinski definition) is 5. The summed E-state index contributed by atoms with van der Waals surface area (Å²) in [6.45, 7) is 1.78. The molecule has 7 nitrogen and oxygen atoms in total. The number of likely N-dealkylation sites (N-methyl/N-ethyl adjacent to an activating group) is 1. The van der Waals surface area contributed by atoms with E-state index < -0.39 is 34.0 Å². The normalized spacial score (nSPS) is 22.9. The third kappa shape index (κ3) is 3.89. The van der Waals surface area contributed by atoms with Crippen LogP contribution in [0.15, 0.2) is 29.8 Å². The number of nitrogens with zero attached hydrogens (tertiary/aromatic N) is 2. The Hall–Kier alpha value is -1.59. The van der Waals surface area contributed by atoms with Crippen molar-refractivity contribution in [3.63, 3.8) is 0 Å². The standard InChI is InChI=1S/C15H16ClFN4O3S2/c1-2-21-13(14(22)19-9-3-4-11(17)10(16)7-9)8-12(20-26(21,23)24)15-18-5-6-25-15/h3-7,12-13,20H,2,8H2,1H3,(H,19,22)/t12-,13+/m1/s1. The number of aromatic nitrogens is 1. The van der Waals surface area contributed by atoms with Crippen LogP contribution in [0.5, 0.6) is 0 Å². The molecule has 1 aromatic carbocycles. The zero-order valence-electron chi connectivity index (χ0n) is 13.6. The molecule has 0 spiro atoms. The van der Waals surface area contributed by atoms with Gasteiger partial charge in [-0.1, -0.05) is 18.5 Å². The molecule has 2 N–H and O–H groups in total. The van der Waals surface area contributed by atoms with Gasteiger partial charge >= 0.3 is 0 Å². The Morgan fingerprint density at radius 1 is 1.54 bits per heavy atom. The number of halogens is 2. The average molecular weight is 419 g/mol. The maximum atomic E-state index is 13.3. The van der Waals surface area contributed by atoms with Gasteiger partial charge < -0.3 is 5.32 Å². The summed E-state index contributed by atoms with van der Waals surface area (Å²) in [4.78, 5) is 16.9. The Labute approximate surface area is 159 Å². The van der Waals surface area contributed by atoms with Gasteiger partial charge in [-0.25, -0.2) is 9.37 Å². The molecule has 1 aromatic heterocycles. The number of amides is 1. The second kappa shape index (κ2) is 7.57. The molecule has 3 rings (SSSR count). The Balaban J connectivity index is 1.86. The minimum absolute atomic E-state index is 0.127. The van der Waals surface area contributed by atoms with Gasteiger partial charge in [-0.05, 0) is 24.6 Å². The first-order chi connectivity index (χ1) is 12.3. The van der Waals surface area contributed by atoms with Crippen LogP contribution in [0.4, 0.5) is 10.1 Å². The molecule has 2 heterocycles. The molecule has 0 aliphatic carbocycles. The van der Waals surface area contributed by atoms with Gasteiger partial charge in [0.25, 0.3) is 10.2 Å². The van der Waals surface area contributed by atoms with Crippen LogP contribution in [-0.4, -0.2) is 36.2 Å². The lowest BCUT2D eigenvalue weighted by molar-refractivity contribution is -0.120. The topological polar surface area (TPSA) is 91.4 Å². The fourth-order valence-electron chi connectivity index (χ4n) is 2.79. The molecule has 1 aliphatic heterocycles. The molecule has 0 saturated carbocycles. The molecule has 2 atom stereocenters. The van der Waals surface area contributed by atoms with Crippen molar-refractivity contribution in [3.05, 3.63) is 45.6 Å². The zero-order valence-corrected chi connectivity index (χ0v) is 16.0. The predicted molar refractivity (Wildman–Crippen MR) is 97.7 cm³/mol. The summed E-state index contributed by atoms with van der Waals surface area (Å²) in [7, 11) is -3.85. The van der Waals surface area contributed by atoms with Crippen LogP contribution >= 0.6 is 22.9 Å². The number of thiazole rings is 1. The van der Waals surface area contributed by atoms with Crippen LogP contribution < -0.4 is 10.0 Å². The molecule has 26 heavy (non-hydrogen) atoms. The first-order valence-electron chi connectivity index (χ1n) is 7.76. The molecular formula is C15H16ClFN4O3S2. The Bertz CT molecular complexity index is 908.